The SMILES string of the molecule is COC(=O)c1cnc2ccc(C#Cc3cc(Cl)ccc3F)nc2c1. The summed E-state index contributed by atoms with van der Waals surface area (Å²) in [6.07, 6.45) is 1.42. The molecule has 0 aliphatic rings. The van der Waals surface area contributed by atoms with Gasteiger partial charge in [0.2, 0.25) is 0 Å². The lowest BCUT2D eigenvalue weighted by Gasteiger charge is -2.01. The number of aromatic nitrogens is 2. The number of carbonyl (C=O) groups is 1. The second-order valence-electron chi connectivity index (χ2n) is 4.82. The van der Waals surface area contributed by atoms with E-state index in [-0.39, 0.29) is 5.56 Å². The Balaban J connectivity index is 2.00. The average Bonchev–Trinajstić information content (AvgIpc) is 2.61. The lowest BCUT2D eigenvalue weighted by atomic mass is 10.2. The monoisotopic (exact) mass is 340 g/mol. The standard InChI is InChI=1S/C18H10ClFN2O2/c1-24-18(23)12-9-17-16(21-10-12)7-5-14(22-17)4-2-11-8-13(19)3-6-15(11)20/h3,5-10H,1H3. The molecule has 0 saturated heterocycles. The first kappa shape index (κ1) is 15.9. The topological polar surface area (TPSA) is 52.1 Å². The third-order valence-electron chi connectivity index (χ3n) is 3.21. The lowest BCUT2D eigenvalue weighted by molar-refractivity contribution is 0.0600. The number of pyridine rings is 2. The van der Waals surface area contributed by atoms with Crippen molar-refractivity contribution in [1.82, 2.24) is 9.97 Å². The van der Waals surface area contributed by atoms with Crippen LogP contribution in [-0.2, 0) is 4.74 Å². The number of hydrogen-bond donors (Lipinski definition) is 0. The number of nitrogens with zero attached hydrogens (tertiary/aromatic N) is 2. The number of hydrogen-bond acceptors (Lipinski definition) is 4. The quantitative estimate of drug-likeness (QED) is 0.501. The van der Waals surface area contributed by atoms with Crippen LogP contribution in [-0.4, -0.2) is 23.0 Å². The normalized spacial score (nSPS) is 10.1. The van der Waals surface area contributed by atoms with Gasteiger partial charge in [-0.3, -0.25) is 4.98 Å². The number of rotatable bonds is 1. The van der Waals surface area contributed by atoms with Crippen molar-refractivity contribution in [3.63, 3.8) is 0 Å². The van der Waals surface area contributed by atoms with Crippen molar-refractivity contribution in [2.24, 2.45) is 0 Å². The number of carbonyl (C=O) groups excluding carboxylic acids is 1. The molecular formula is C18H10ClFN2O2. The highest BCUT2D eigenvalue weighted by molar-refractivity contribution is 6.30. The summed E-state index contributed by atoms with van der Waals surface area (Å²) in [7, 11) is 1.29. The zero-order valence-corrected chi connectivity index (χ0v) is 13.3. The van der Waals surface area contributed by atoms with Gasteiger partial charge >= 0.3 is 5.97 Å². The van der Waals surface area contributed by atoms with E-state index in [0.29, 0.717) is 27.3 Å². The van der Waals surface area contributed by atoms with E-state index in [4.69, 9.17) is 11.6 Å². The summed E-state index contributed by atoms with van der Waals surface area (Å²) < 4.78 is 18.3. The minimum Gasteiger partial charge on any atom is -0.465 e. The van der Waals surface area contributed by atoms with Crippen LogP contribution in [0, 0.1) is 17.7 Å². The van der Waals surface area contributed by atoms with Crippen molar-refractivity contribution >= 4 is 28.6 Å². The molecule has 0 atom stereocenters. The molecular weight excluding hydrogens is 331 g/mol. The Hall–Kier alpha value is -2.97. The summed E-state index contributed by atoms with van der Waals surface area (Å²) in [5, 5.41) is 0.402. The molecule has 0 bridgehead atoms. The van der Waals surface area contributed by atoms with E-state index in [9.17, 15) is 9.18 Å². The number of halogens is 2. The molecule has 4 nitrogen and oxygen atoms in total. The molecule has 0 fully saturated rings. The molecule has 24 heavy (non-hydrogen) atoms. The number of methoxy groups -OCH3 is 1. The van der Waals surface area contributed by atoms with Crippen molar-refractivity contribution in [3.8, 4) is 11.8 Å². The van der Waals surface area contributed by atoms with Crippen LogP contribution < -0.4 is 0 Å². The summed E-state index contributed by atoms with van der Waals surface area (Å²) >= 11 is 5.84. The Bertz CT molecular complexity index is 1010. The number of fused-ring (bicyclic) bond motifs is 1. The summed E-state index contributed by atoms with van der Waals surface area (Å²) in [5.74, 6) is 4.53. The van der Waals surface area contributed by atoms with E-state index in [0.717, 1.165) is 0 Å². The Labute approximate surface area is 142 Å². The van der Waals surface area contributed by atoms with Crippen LogP contribution in [0.2, 0.25) is 5.02 Å². The fourth-order valence-corrected chi connectivity index (χ4v) is 2.20. The molecule has 0 amide bonds. The van der Waals surface area contributed by atoms with Crippen LogP contribution in [0.3, 0.4) is 0 Å². The second-order valence-corrected chi connectivity index (χ2v) is 5.26. The Morgan fingerprint density at radius 1 is 1.17 bits per heavy atom. The Morgan fingerprint density at radius 3 is 2.79 bits per heavy atom. The van der Waals surface area contributed by atoms with Gasteiger partial charge in [0.25, 0.3) is 0 Å². The second kappa shape index (κ2) is 6.65. The van der Waals surface area contributed by atoms with E-state index < -0.39 is 11.8 Å². The van der Waals surface area contributed by atoms with Gasteiger partial charge in [0.1, 0.15) is 11.5 Å². The van der Waals surface area contributed by atoms with E-state index in [1.54, 1.807) is 18.2 Å². The third-order valence-corrected chi connectivity index (χ3v) is 3.45. The van der Waals surface area contributed by atoms with Crippen molar-refractivity contribution < 1.29 is 13.9 Å². The summed E-state index contributed by atoms with van der Waals surface area (Å²) in [6, 6.07) is 9.12. The predicted molar refractivity (Wildman–Crippen MR) is 88.3 cm³/mol. The molecule has 0 unspecified atom stereocenters. The van der Waals surface area contributed by atoms with Crippen molar-refractivity contribution in [2.75, 3.05) is 7.11 Å². The number of esters is 1. The van der Waals surface area contributed by atoms with E-state index >= 15 is 0 Å². The summed E-state index contributed by atoms with van der Waals surface area (Å²) in [4.78, 5) is 20.0. The highest BCUT2D eigenvalue weighted by Crippen LogP contribution is 2.15. The van der Waals surface area contributed by atoms with Crippen molar-refractivity contribution in [3.05, 3.63) is 70.3 Å². The molecule has 2 aromatic heterocycles. The van der Waals surface area contributed by atoms with E-state index in [1.807, 2.05) is 0 Å². The van der Waals surface area contributed by atoms with Gasteiger partial charge in [0.15, 0.2) is 0 Å². The third kappa shape index (κ3) is 3.34. The molecule has 0 spiro atoms. The maximum atomic E-state index is 13.7. The fraction of sp³-hybridized carbons (Fsp3) is 0.0556. The first-order valence-electron chi connectivity index (χ1n) is 6.89. The fourth-order valence-electron chi connectivity index (χ4n) is 2.03. The molecule has 3 rings (SSSR count). The van der Waals surface area contributed by atoms with Gasteiger partial charge in [-0.1, -0.05) is 17.5 Å². The van der Waals surface area contributed by atoms with Gasteiger partial charge < -0.3 is 4.74 Å². The molecule has 0 aliphatic carbocycles. The largest absolute Gasteiger partial charge is 0.465 e. The smallest absolute Gasteiger partial charge is 0.339 e. The van der Waals surface area contributed by atoms with Gasteiger partial charge in [-0.05, 0) is 42.3 Å². The zero-order chi connectivity index (χ0) is 17.1. The molecule has 0 saturated carbocycles. The molecule has 118 valence electrons. The number of benzene rings is 1. The predicted octanol–water partition coefficient (Wildman–Crippen LogP) is 3.61. The minimum absolute atomic E-state index is 0.186. The van der Waals surface area contributed by atoms with Crippen molar-refractivity contribution in [1.29, 1.82) is 0 Å². The molecule has 1 aromatic carbocycles. The lowest BCUT2D eigenvalue weighted by Crippen LogP contribution is -2.02. The van der Waals surface area contributed by atoms with Crippen LogP contribution in [0.5, 0.6) is 0 Å². The molecule has 0 N–H and O–H groups in total. The highest BCUT2D eigenvalue weighted by atomic mass is 35.5. The maximum Gasteiger partial charge on any atom is 0.339 e. The van der Waals surface area contributed by atoms with E-state index in [1.165, 1.54) is 31.5 Å². The van der Waals surface area contributed by atoms with Gasteiger partial charge in [0.05, 0.1) is 29.3 Å². The molecule has 6 heteroatoms. The Morgan fingerprint density at radius 2 is 2.00 bits per heavy atom. The zero-order valence-electron chi connectivity index (χ0n) is 12.5. The molecule has 0 aliphatic heterocycles. The van der Waals surface area contributed by atoms with Gasteiger partial charge in [-0.25, -0.2) is 14.2 Å². The average molecular weight is 341 g/mol. The molecule has 3 aromatic rings. The van der Waals surface area contributed by atoms with Gasteiger partial charge in [-0.2, -0.15) is 0 Å². The Kier molecular flexibility index (Phi) is 4.41. The van der Waals surface area contributed by atoms with Crippen LogP contribution in [0.4, 0.5) is 4.39 Å². The van der Waals surface area contributed by atoms with Crippen molar-refractivity contribution in [2.45, 2.75) is 0 Å². The minimum atomic E-state index is -0.497. The van der Waals surface area contributed by atoms with Crippen LogP contribution in [0.15, 0.2) is 42.6 Å². The highest BCUT2D eigenvalue weighted by Gasteiger charge is 2.08. The summed E-state index contributed by atoms with van der Waals surface area (Å²) in [6.45, 7) is 0. The van der Waals surface area contributed by atoms with Crippen LogP contribution in [0.25, 0.3) is 11.0 Å². The van der Waals surface area contributed by atoms with Crippen LogP contribution in [0.1, 0.15) is 21.6 Å². The molecule has 2 heterocycles. The van der Waals surface area contributed by atoms with Gasteiger partial charge in [0, 0.05) is 11.2 Å². The first-order chi connectivity index (χ1) is 11.6. The molecule has 0 radical (unpaired) electrons. The van der Waals surface area contributed by atoms with Crippen LogP contribution >= 0.6 is 11.6 Å². The van der Waals surface area contributed by atoms with Gasteiger partial charge in [-0.15, -0.1) is 0 Å². The van der Waals surface area contributed by atoms with E-state index in [2.05, 4.69) is 26.5 Å². The maximum absolute atomic E-state index is 13.7. The first-order valence-corrected chi connectivity index (χ1v) is 7.27. The summed E-state index contributed by atoms with van der Waals surface area (Å²) in [5.41, 5.74) is 2.01. The number of ether oxygens (including phenoxy) is 1.